The Morgan fingerprint density at radius 2 is 1.78 bits per heavy atom. The summed E-state index contributed by atoms with van der Waals surface area (Å²) in [6.45, 7) is -0.378. The van der Waals surface area contributed by atoms with Crippen LogP contribution in [0, 0.1) is 5.82 Å². The topological polar surface area (TPSA) is 63.6 Å². The van der Waals surface area contributed by atoms with Gasteiger partial charge in [-0.15, -0.1) is 0 Å². The number of alkyl halides is 4. The molecule has 4 nitrogen and oxygen atoms in total. The van der Waals surface area contributed by atoms with E-state index in [4.69, 9.17) is 4.55 Å². The molecule has 0 heterocycles. The maximum absolute atomic E-state index is 13.2. The summed E-state index contributed by atoms with van der Waals surface area (Å²) in [7, 11) is 0. The van der Waals surface area contributed by atoms with Crippen molar-refractivity contribution in [3.63, 3.8) is 0 Å². The summed E-state index contributed by atoms with van der Waals surface area (Å²) < 4.78 is 88.1. The predicted octanol–water partition coefficient (Wildman–Crippen LogP) is 3.60. The van der Waals surface area contributed by atoms with Crippen molar-refractivity contribution in [3.05, 3.63) is 35.6 Å². The second kappa shape index (κ2) is 7.82. The van der Waals surface area contributed by atoms with Crippen LogP contribution in [0.4, 0.5) is 22.0 Å². The number of carbonyl (C=O) groups is 1. The van der Waals surface area contributed by atoms with Gasteiger partial charge in [0.05, 0.1) is 12.2 Å². The Balaban J connectivity index is 2.40. The van der Waals surface area contributed by atoms with Crippen molar-refractivity contribution in [1.29, 1.82) is 0 Å². The molecule has 0 saturated heterocycles. The zero-order valence-corrected chi connectivity index (χ0v) is 12.4. The number of halogens is 5. The van der Waals surface area contributed by atoms with E-state index in [1.165, 1.54) is 18.2 Å². The molecule has 0 fully saturated rings. The zero-order valence-electron chi connectivity index (χ0n) is 11.6. The van der Waals surface area contributed by atoms with Crippen molar-refractivity contribution in [3.8, 4) is 0 Å². The van der Waals surface area contributed by atoms with E-state index in [0.29, 0.717) is 0 Å². The minimum atomic E-state index is -5.06. The van der Waals surface area contributed by atoms with Crippen LogP contribution in [0.25, 0.3) is 0 Å². The number of hydrogen-bond acceptors (Lipinski definition) is 3. The lowest BCUT2D eigenvalue weighted by atomic mass is 10.1. The lowest BCUT2D eigenvalue weighted by Gasteiger charge is -2.23. The molecule has 10 heteroatoms. The number of carbonyl (C=O) groups excluding carboxylic acids is 1. The molecular weight excluding hydrogens is 347 g/mol. The average Bonchev–Trinajstić information content (AvgIpc) is 2.46. The number of ether oxygens (including phenoxy) is 1. The number of rotatable bonds is 8. The fourth-order valence-corrected chi connectivity index (χ4v) is 1.95. The Morgan fingerprint density at radius 1 is 1.17 bits per heavy atom. The van der Waals surface area contributed by atoms with Crippen molar-refractivity contribution in [2.75, 3.05) is 6.61 Å². The van der Waals surface area contributed by atoms with Crippen LogP contribution >= 0.6 is 0 Å². The third-order valence-electron chi connectivity index (χ3n) is 2.86. The average molecular weight is 360 g/mol. The first-order chi connectivity index (χ1) is 10.6. The van der Waals surface area contributed by atoms with E-state index in [1.807, 2.05) is 0 Å². The molecule has 1 aromatic carbocycles. The van der Waals surface area contributed by atoms with Crippen LogP contribution in [-0.2, 0) is 15.8 Å². The van der Waals surface area contributed by atoms with Gasteiger partial charge >= 0.3 is 17.1 Å². The van der Waals surface area contributed by atoms with Gasteiger partial charge in [0, 0.05) is 6.42 Å². The van der Waals surface area contributed by atoms with Gasteiger partial charge in [-0.1, -0.05) is 12.1 Å². The van der Waals surface area contributed by atoms with Crippen LogP contribution in [-0.4, -0.2) is 32.5 Å². The van der Waals surface area contributed by atoms with E-state index in [1.54, 1.807) is 0 Å². The molecule has 0 aliphatic rings. The third kappa shape index (κ3) is 4.96. The highest BCUT2D eigenvalue weighted by atomic mass is 32.2. The number of unbranched alkanes of at least 4 members (excludes halogenated alkanes) is 1. The fraction of sp³-hybridized carbons (Fsp3) is 0.462. The summed E-state index contributed by atoms with van der Waals surface area (Å²) in [6, 6.07) is 4.97. The van der Waals surface area contributed by atoms with Crippen molar-refractivity contribution >= 4 is 17.0 Å². The maximum Gasteiger partial charge on any atom is 0.406 e. The van der Waals surface area contributed by atoms with Crippen molar-refractivity contribution in [2.24, 2.45) is 0 Å². The summed E-state index contributed by atoms with van der Waals surface area (Å²) >= 11 is -4.00. The number of hydrogen-bond donors (Lipinski definition) is 1. The lowest BCUT2D eigenvalue weighted by molar-refractivity contribution is -0.162. The Labute approximate surface area is 130 Å². The lowest BCUT2D eigenvalue weighted by Crippen LogP contribution is -2.43. The van der Waals surface area contributed by atoms with Crippen LogP contribution in [0.5, 0.6) is 0 Å². The highest BCUT2D eigenvalue weighted by Gasteiger charge is 2.60. The molecule has 23 heavy (non-hydrogen) atoms. The number of esters is 1. The molecule has 1 aromatic rings. The summed E-state index contributed by atoms with van der Waals surface area (Å²) in [4.78, 5) is 11.5. The van der Waals surface area contributed by atoms with Crippen LogP contribution in [0.15, 0.2) is 24.3 Å². The van der Waals surface area contributed by atoms with E-state index in [9.17, 15) is 31.0 Å². The molecule has 0 aliphatic heterocycles. The zero-order chi connectivity index (χ0) is 17.7. The smallest absolute Gasteiger partial charge is 0.406 e. The van der Waals surface area contributed by atoms with Gasteiger partial charge in [0.2, 0.25) is 11.1 Å². The quantitative estimate of drug-likeness (QED) is 0.333. The Morgan fingerprint density at radius 3 is 2.35 bits per heavy atom. The van der Waals surface area contributed by atoms with E-state index >= 15 is 0 Å². The van der Waals surface area contributed by atoms with Gasteiger partial charge in [0.15, 0.2) is 0 Å². The first-order valence-electron chi connectivity index (χ1n) is 6.38. The van der Waals surface area contributed by atoms with Gasteiger partial charge in [-0.05, 0) is 25.0 Å². The second-order valence-corrected chi connectivity index (χ2v) is 5.55. The number of benzene rings is 1. The molecule has 0 amide bonds. The first-order valence-corrected chi connectivity index (χ1v) is 7.48. The predicted molar refractivity (Wildman–Crippen MR) is 71.2 cm³/mol. The Hall–Kier alpha value is -1.55. The molecule has 0 aliphatic carbocycles. The first kappa shape index (κ1) is 19.5. The largest absolute Gasteiger partial charge is 0.462 e. The van der Waals surface area contributed by atoms with Crippen molar-refractivity contribution < 1.29 is 40.2 Å². The molecule has 1 unspecified atom stereocenters. The van der Waals surface area contributed by atoms with E-state index < -0.39 is 46.9 Å². The molecule has 0 radical (unpaired) electrons. The highest BCUT2D eigenvalue weighted by Crippen LogP contribution is 2.40. The van der Waals surface area contributed by atoms with Gasteiger partial charge in [0.25, 0.3) is 0 Å². The molecule has 130 valence electrons. The summed E-state index contributed by atoms with van der Waals surface area (Å²) in [5.74, 6) is -6.48. The van der Waals surface area contributed by atoms with Gasteiger partial charge in [0.1, 0.15) is 5.82 Å². The highest BCUT2D eigenvalue weighted by molar-refractivity contribution is 7.80. The molecule has 1 N–H and O–H groups in total. The van der Waals surface area contributed by atoms with Crippen LogP contribution in [0.2, 0.25) is 0 Å². The van der Waals surface area contributed by atoms with Gasteiger partial charge in [-0.2, -0.15) is 17.6 Å². The minimum Gasteiger partial charge on any atom is -0.462 e. The summed E-state index contributed by atoms with van der Waals surface area (Å²) in [6.07, 6.45) is -2.03. The molecule has 0 aromatic heterocycles. The third-order valence-corrected chi connectivity index (χ3v) is 3.59. The summed E-state index contributed by atoms with van der Waals surface area (Å²) in [5.41, 5.74) is -0.333. The Kier molecular flexibility index (Phi) is 6.63. The van der Waals surface area contributed by atoms with Crippen molar-refractivity contribution in [1.82, 2.24) is 0 Å². The standard InChI is InChI=1S/C13H13F5O4S/c14-10-6-2-1-5-9(10)11(19)22-8-4-3-7-12(15,16)13(17,18)23(20)21/h1-2,5-6H,3-4,7-8H2,(H,20,21). The molecule has 0 saturated carbocycles. The Bertz CT molecular complexity index is 579. The van der Waals surface area contributed by atoms with E-state index in [2.05, 4.69) is 4.74 Å². The van der Waals surface area contributed by atoms with Crippen molar-refractivity contribution in [2.45, 2.75) is 30.4 Å². The minimum absolute atomic E-state index is 0.191. The maximum atomic E-state index is 13.2. The molecule has 0 spiro atoms. The van der Waals surface area contributed by atoms with Crippen LogP contribution in [0.3, 0.4) is 0 Å². The SMILES string of the molecule is O=C(OCCCCC(F)(F)C(F)(F)S(=O)O)c1ccccc1F. The summed E-state index contributed by atoms with van der Waals surface area (Å²) in [5, 5.41) is -5.06. The molecular formula is C13H13F5O4S. The van der Waals surface area contributed by atoms with Gasteiger partial charge < -0.3 is 9.29 Å². The molecule has 1 atom stereocenters. The van der Waals surface area contributed by atoms with Crippen LogP contribution < -0.4 is 0 Å². The van der Waals surface area contributed by atoms with Gasteiger partial charge in [-0.25, -0.2) is 13.4 Å². The normalized spacial score (nSPS) is 13.7. The monoisotopic (exact) mass is 360 g/mol. The van der Waals surface area contributed by atoms with Gasteiger partial charge in [-0.3, -0.25) is 0 Å². The fourth-order valence-electron chi connectivity index (χ4n) is 1.59. The van der Waals surface area contributed by atoms with E-state index in [0.717, 1.165) is 6.07 Å². The molecule has 0 bridgehead atoms. The van der Waals surface area contributed by atoms with E-state index in [-0.39, 0.29) is 18.6 Å². The second-order valence-electron chi connectivity index (χ2n) is 4.54. The molecule has 1 rings (SSSR count). The van der Waals surface area contributed by atoms with Crippen LogP contribution in [0.1, 0.15) is 29.6 Å².